The highest BCUT2D eigenvalue weighted by atomic mass is 35.5. The number of nitrogens with zero attached hydrogens (tertiary/aromatic N) is 1. The van der Waals surface area contributed by atoms with Crippen LogP contribution < -0.4 is 5.73 Å². The van der Waals surface area contributed by atoms with Crippen LogP contribution in [0.15, 0.2) is 5.16 Å². The number of ketones is 1. The quantitative estimate of drug-likeness (QED) is 0.546. The molecule has 0 amide bonds. The number of hydrogen-bond acceptors (Lipinski definition) is 5. The molecule has 4 aliphatic carbocycles. The first-order valence-corrected chi connectivity index (χ1v) is 11.0. The normalized spacial score (nSPS) is 46.4. The maximum atomic E-state index is 12.6. The predicted octanol–water partition coefficient (Wildman–Crippen LogP) is 3.57. The summed E-state index contributed by atoms with van der Waals surface area (Å²) in [7, 11) is 0. The highest BCUT2D eigenvalue weighted by molar-refractivity contribution is 5.87. The SMILES string of the molecule is C[C@]12CC/C(=N\OCCN)C[C@@H]1[C@H](CO)C[C@@H]1[C@@H]2CC[C@]2(C)C(=O)CC[C@@H]12.Cl. The van der Waals surface area contributed by atoms with Crippen molar-refractivity contribution < 1.29 is 14.7 Å². The van der Waals surface area contributed by atoms with Crippen LogP contribution in [0.4, 0.5) is 0 Å². The molecule has 0 aromatic carbocycles. The molecule has 0 heterocycles. The van der Waals surface area contributed by atoms with Gasteiger partial charge in [-0.15, -0.1) is 12.4 Å². The Labute approximate surface area is 175 Å². The molecule has 0 bridgehead atoms. The Morgan fingerprint density at radius 1 is 1.18 bits per heavy atom. The lowest BCUT2D eigenvalue weighted by molar-refractivity contribution is -0.145. The second kappa shape index (κ2) is 8.23. The van der Waals surface area contributed by atoms with Gasteiger partial charge in [0.2, 0.25) is 0 Å². The Hall–Kier alpha value is -0.650. The Balaban J connectivity index is 0.00000225. The molecule has 4 aliphatic rings. The van der Waals surface area contributed by atoms with Crippen molar-refractivity contribution in [2.45, 2.75) is 65.2 Å². The fourth-order valence-corrected chi connectivity index (χ4v) is 7.55. The maximum absolute atomic E-state index is 12.6. The van der Waals surface area contributed by atoms with E-state index in [2.05, 4.69) is 19.0 Å². The second-order valence-corrected chi connectivity index (χ2v) is 10.1. The van der Waals surface area contributed by atoms with Crippen molar-refractivity contribution in [3.63, 3.8) is 0 Å². The van der Waals surface area contributed by atoms with Crippen LogP contribution in [0, 0.1) is 40.4 Å². The van der Waals surface area contributed by atoms with Crippen molar-refractivity contribution in [3.05, 3.63) is 0 Å². The smallest absolute Gasteiger partial charge is 0.139 e. The van der Waals surface area contributed by atoms with Gasteiger partial charge < -0.3 is 15.7 Å². The van der Waals surface area contributed by atoms with E-state index in [0.717, 1.165) is 50.7 Å². The van der Waals surface area contributed by atoms with Gasteiger partial charge in [-0.2, -0.15) is 0 Å². The number of carbonyl (C=O) groups excluding carboxylic acids is 1. The van der Waals surface area contributed by atoms with E-state index in [1.54, 1.807) is 0 Å². The Kier molecular flexibility index (Phi) is 6.48. The number of halogens is 1. The molecule has 4 rings (SSSR count). The van der Waals surface area contributed by atoms with Crippen LogP contribution in [0.3, 0.4) is 0 Å². The molecule has 3 N–H and O–H groups in total. The van der Waals surface area contributed by atoms with E-state index in [1.807, 2.05) is 0 Å². The first kappa shape index (κ1) is 22.0. The molecule has 4 fully saturated rings. The molecule has 0 aliphatic heterocycles. The molecule has 5 nitrogen and oxygen atoms in total. The van der Waals surface area contributed by atoms with E-state index in [4.69, 9.17) is 10.6 Å². The van der Waals surface area contributed by atoms with Crippen LogP contribution >= 0.6 is 12.4 Å². The monoisotopic (exact) mass is 412 g/mol. The number of rotatable bonds is 4. The van der Waals surface area contributed by atoms with Gasteiger partial charge in [-0.05, 0) is 80.0 Å². The van der Waals surface area contributed by atoms with Gasteiger partial charge in [-0.25, -0.2) is 0 Å². The number of carbonyl (C=O) groups is 1. The molecule has 0 aromatic heterocycles. The van der Waals surface area contributed by atoms with Gasteiger partial charge in [0.05, 0.1) is 5.71 Å². The van der Waals surface area contributed by atoms with Crippen molar-refractivity contribution in [2.75, 3.05) is 19.8 Å². The van der Waals surface area contributed by atoms with Gasteiger partial charge in [0.25, 0.3) is 0 Å². The molecule has 28 heavy (non-hydrogen) atoms. The summed E-state index contributed by atoms with van der Waals surface area (Å²) in [5.41, 5.74) is 6.79. The molecule has 4 saturated carbocycles. The molecule has 0 radical (unpaired) electrons. The molecule has 0 saturated heterocycles. The Morgan fingerprint density at radius 2 is 1.96 bits per heavy atom. The number of hydrogen-bond donors (Lipinski definition) is 2. The zero-order chi connectivity index (χ0) is 19.2. The third-order valence-corrected chi connectivity index (χ3v) is 9.03. The highest BCUT2D eigenvalue weighted by Gasteiger charge is 2.61. The van der Waals surface area contributed by atoms with Crippen LogP contribution in [-0.4, -0.2) is 36.4 Å². The fourth-order valence-electron chi connectivity index (χ4n) is 7.55. The second-order valence-electron chi connectivity index (χ2n) is 10.1. The number of aliphatic hydroxyl groups excluding tert-OH is 1. The van der Waals surface area contributed by atoms with E-state index < -0.39 is 0 Å². The fraction of sp³-hybridized carbons (Fsp3) is 0.909. The average molecular weight is 413 g/mol. The summed E-state index contributed by atoms with van der Waals surface area (Å²) in [5.74, 6) is 3.09. The highest BCUT2D eigenvalue weighted by Crippen LogP contribution is 2.66. The van der Waals surface area contributed by atoms with Crippen molar-refractivity contribution in [3.8, 4) is 0 Å². The molecule has 6 heteroatoms. The molecule has 0 spiro atoms. The van der Waals surface area contributed by atoms with E-state index >= 15 is 0 Å². The number of nitrogens with two attached hydrogens (primary N) is 1. The predicted molar refractivity (Wildman–Crippen MR) is 112 cm³/mol. The summed E-state index contributed by atoms with van der Waals surface area (Å²) >= 11 is 0. The summed E-state index contributed by atoms with van der Waals surface area (Å²) in [5, 5.41) is 14.6. The largest absolute Gasteiger partial charge is 0.396 e. The van der Waals surface area contributed by atoms with Crippen molar-refractivity contribution >= 4 is 23.9 Å². The van der Waals surface area contributed by atoms with Gasteiger partial charge in [0.15, 0.2) is 0 Å². The zero-order valence-electron chi connectivity index (χ0n) is 17.4. The average Bonchev–Trinajstić information content (AvgIpc) is 2.96. The summed E-state index contributed by atoms with van der Waals surface area (Å²) in [6.07, 6.45) is 8.19. The van der Waals surface area contributed by atoms with Crippen LogP contribution in [0.5, 0.6) is 0 Å². The lowest BCUT2D eigenvalue weighted by Crippen LogP contribution is -2.56. The van der Waals surface area contributed by atoms with Gasteiger partial charge >= 0.3 is 0 Å². The summed E-state index contributed by atoms with van der Waals surface area (Å²) in [4.78, 5) is 18.0. The van der Waals surface area contributed by atoms with Crippen molar-refractivity contribution in [2.24, 2.45) is 51.3 Å². The van der Waals surface area contributed by atoms with Gasteiger partial charge in [-0.3, -0.25) is 4.79 Å². The summed E-state index contributed by atoms with van der Waals surface area (Å²) in [6.45, 7) is 5.89. The Bertz CT molecular complexity index is 627. The third-order valence-electron chi connectivity index (χ3n) is 9.03. The standard InChI is InChI=1S/C22H36N2O3.ClH/c1-21-7-5-15(24-27-10-9-23)12-19(21)14(13-25)11-16-17-3-4-20(26)22(17,2)8-6-18(16)21;/h14,16-19,25H,3-13,23H2,1-2H3;1H/b24-15+;/t14-,16-,17-,18-,19+,21+,22-;/m0./s1. The summed E-state index contributed by atoms with van der Waals surface area (Å²) in [6, 6.07) is 0. The lowest BCUT2D eigenvalue weighted by Gasteiger charge is -2.61. The first-order chi connectivity index (χ1) is 12.9. The topological polar surface area (TPSA) is 84.9 Å². The van der Waals surface area contributed by atoms with E-state index in [9.17, 15) is 9.90 Å². The molecule has 0 unspecified atom stereocenters. The molecule has 7 atom stereocenters. The van der Waals surface area contributed by atoms with Gasteiger partial charge in [0, 0.05) is 25.0 Å². The third kappa shape index (κ3) is 3.31. The maximum Gasteiger partial charge on any atom is 0.139 e. The number of fused-ring (bicyclic) bond motifs is 5. The van der Waals surface area contributed by atoms with Crippen LogP contribution in [0.25, 0.3) is 0 Å². The Morgan fingerprint density at radius 3 is 2.68 bits per heavy atom. The van der Waals surface area contributed by atoms with Crippen LogP contribution in [0.2, 0.25) is 0 Å². The van der Waals surface area contributed by atoms with Crippen LogP contribution in [-0.2, 0) is 9.63 Å². The van der Waals surface area contributed by atoms with Crippen molar-refractivity contribution in [1.82, 2.24) is 0 Å². The van der Waals surface area contributed by atoms with E-state index in [1.165, 1.54) is 6.42 Å². The van der Waals surface area contributed by atoms with E-state index in [-0.39, 0.29) is 29.8 Å². The van der Waals surface area contributed by atoms with Gasteiger partial charge in [-0.1, -0.05) is 19.0 Å². The van der Waals surface area contributed by atoms with Crippen molar-refractivity contribution in [1.29, 1.82) is 0 Å². The first-order valence-electron chi connectivity index (χ1n) is 11.0. The minimum Gasteiger partial charge on any atom is -0.396 e. The molecule has 0 aromatic rings. The lowest BCUT2D eigenvalue weighted by atomic mass is 9.43. The number of aliphatic hydroxyl groups is 1. The molecular weight excluding hydrogens is 376 g/mol. The van der Waals surface area contributed by atoms with Crippen LogP contribution in [0.1, 0.15) is 65.2 Å². The molecular formula is C22H37ClN2O3. The van der Waals surface area contributed by atoms with E-state index in [0.29, 0.717) is 48.5 Å². The number of oxime groups is 1. The number of Topliss-reactive ketones (excluding diaryl/α,β-unsaturated/α-hetero) is 1. The summed E-state index contributed by atoms with van der Waals surface area (Å²) < 4.78 is 0. The molecule has 160 valence electrons. The van der Waals surface area contributed by atoms with Gasteiger partial charge in [0.1, 0.15) is 12.4 Å². The zero-order valence-corrected chi connectivity index (χ0v) is 18.2. The minimum atomic E-state index is -0.0955. The minimum absolute atomic E-state index is 0.